The summed E-state index contributed by atoms with van der Waals surface area (Å²) in [5.74, 6) is 1.33. The van der Waals surface area contributed by atoms with E-state index in [1.165, 1.54) is 5.56 Å². The predicted molar refractivity (Wildman–Crippen MR) is 94.1 cm³/mol. The first kappa shape index (κ1) is 18.1. The molecule has 2 N–H and O–H groups in total. The Kier molecular flexibility index (Phi) is 5.34. The average molecular weight is 330 g/mol. The number of nitrogens with two attached hydrogens (primary N) is 1. The van der Waals surface area contributed by atoms with Crippen molar-refractivity contribution in [2.45, 2.75) is 39.3 Å². The van der Waals surface area contributed by atoms with Crippen molar-refractivity contribution in [3.63, 3.8) is 0 Å². The van der Waals surface area contributed by atoms with Crippen LogP contribution in [0.15, 0.2) is 34.7 Å². The van der Waals surface area contributed by atoms with Crippen LogP contribution < -0.4 is 10.5 Å². The zero-order valence-corrected chi connectivity index (χ0v) is 15.1. The normalized spacial score (nSPS) is 11.8. The van der Waals surface area contributed by atoms with Gasteiger partial charge >= 0.3 is 0 Å². The lowest BCUT2D eigenvalue weighted by Crippen LogP contribution is -2.20. The van der Waals surface area contributed by atoms with E-state index in [2.05, 4.69) is 25.7 Å². The lowest BCUT2D eigenvalue weighted by molar-refractivity contribution is 0.0970. The summed E-state index contributed by atoms with van der Waals surface area (Å²) in [5, 5.41) is 0. The largest absolute Gasteiger partial charge is 0.497 e. The topological polar surface area (TPSA) is 68.7 Å². The molecular formula is C19H26N2O3. The standard InChI is InChI=1S/C19H26N2O3/c1-19(2,3)17-14(10-16(24-17)18(20)22)12-21(4)11-13-6-8-15(23-5)9-7-13/h6-10H,11-12H2,1-5H3,(H2,20,22). The first-order valence-electron chi connectivity index (χ1n) is 7.95. The van der Waals surface area contributed by atoms with E-state index >= 15 is 0 Å². The summed E-state index contributed by atoms with van der Waals surface area (Å²) in [6.45, 7) is 7.64. The van der Waals surface area contributed by atoms with Crippen molar-refractivity contribution in [3.05, 3.63) is 53.0 Å². The second kappa shape index (κ2) is 7.09. The van der Waals surface area contributed by atoms with Gasteiger partial charge in [-0.3, -0.25) is 9.69 Å². The molecule has 5 nitrogen and oxygen atoms in total. The zero-order valence-electron chi connectivity index (χ0n) is 15.1. The molecule has 0 bridgehead atoms. The smallest absolute Gasteiger partial charge is 0.284 e. The van der Waals surface area contributed by atoms with Crippen molar-refractivity contribution in [1.82, 2.24) is 4.90 Å². The molecule has 5 heteroatoms. The average Bonchev–Trinajstić information content (AvgIpc) is 2.92. The van der Waals surface area contributed by atoms with Crippen LogP contribution in [0.4, 0.5) is 0 Å². The Morgan fingerprint density at radius 3 is 2.33 bits per heavy atom. The number of furan rings is 1. The first-order chi connectivity index (χ1) is 11.2. The molecule has 0 atom stereocenters. The van der Waals surface area contributed by atoms with Gasteiger partial charge in [-0.25, -0.2) is 0 Å². The van der Waals surface area contributed by atoms with Crippen LogP contribution in [0.5, 0.6) is 5.75 Å². The predicted octanol–water partition coefficient (Wildman–Crippen LogP) is 3.32. The van der Waals surface area contributed by atoms with E-state index in [9.17, 15) is 4.79 Å². The van der Waals surface area contributed by atoms with Crippen LogP contribution in [-0.2, 0) is 18.5 Å². The number of hydrogen-bond acceptors (Lipinski definition) is 4. The minimum absolute atomic E-state index is 0.190. The Hall–Kier alpha value is -2.27. The van der Waals surface area contributed by atoms with Crippen LogP contribution in [0.25, 0.3) is 0 Å². The quantitative estimate of drug-likeness (QED) is 0.882. The molecule has 0 aliphatic carbocycles. The number of methoxy groups -OCH3 is 1. The Morgan fingerprint density at radius 2 is 1.83 bits per heavy atom. The molecule has 24 heavy (non-hydrogen) atoms. The van der Waals surface area contributed by atoms with Gasteiger partial charge in [-0.05, 0) is 30.8 Å². The molecule has 130 valence electrons. The van der Waals surface area contributed by atoms with Crippen molar-refractivity contribution < 1.29 is 13.9 Å². The number of rotatable bonds is 6. The van der Waals surface area contributed by atoms with Gasteiger partial charge < -0.3 is 14.9 Å². The molecule has 0 saturated heterocycles. The molecule has 0 aliphatic rings. The number of hydrogen-bond donors (Lipinski definition) is 1. The molecule has 0 spiro atoms. The van der Waals surface area contributed by atoms with E-state index in [0.29, 0.717) is 6.54 Å². The molecule has 0 aliphatic heterocycles. The molecule has 1 aromatic carbocycles. The molecule has 0 radical (unpaired) electrons. The van der Waals surface area contributed by atoms with Crippen LogP contribution in [0, 0.1) is 0 Å². The lowest BCUT2D eigenvalue weighted by atomic mass is 9.90. The third kappa shape index (κ3) is 4.38. The van der Waals surface area contributed by atoms with Crippen LogP contribution in [0.1, 0.15) is 48.2 Å². The number of benzene rings is 1. The van der Waals surface area contributed by atoms with Gasteiger partial charge in [0, 0.05) is 24.1 Å². The third-order valence-corrected chi connectivity index (χ3v) is 3.78. The van der Waals surface area contributed by atoms with Gasteiger partial charge in [0.1, 0.15) is 11.5 Å². The molecule has 0 unspecified atom stereocenters. The molecule has 1 heterocycles. The van der Waals surface area contributed by atoms with Crippen LogP contribution >= 0.6 is 0 Å². The Bertz CT molecular complexity index is 696. The van der Waals surface area contributed by atoms with Crippen molar-refractivity contribution >= 4 is 5.91 Å². The SMILES string of the molecule is COc1ccc(CN(C)Cc2cc(C(N)=O)oc2C(C)(C)C)cc1. The van der Waals surface area contributed by atoms with E-state index in [-0.39, 0.29) is 11.2 Å². The van der Waals surface area contributed by atoms with E-state index in [1.807, 2.05) is 31.3 Å². The minimum atomic E-state index is -0.537. The molecular weight excluding hydrogens is 304 g/mol. The number of amides is 1. The van der Waals surface area contributed by atoms with Crippen LogP contribution in [0.2, 0.25) is 0 Å². The zero-order chi connectivity index (χ0) is 17.9. The summed E-state index contributed by atoms with van der Waals surface area (Å²) in [5.41, 5.74) is 7.35. The Morgan fingerprint density at radius 1 is 1.21 bits per heavy atom. The molecule has 0 saturated carbocycles. The highest BCUT2D eigenvalue weighted by Crippen LogP contribution is 2.30. The molecule has 2 aromatic rings. The fraction of sp³-hybridized carbons (Fsp3) is 0.421. The first-order valence-corrected chi connectivity index (χ1v) is 7.95. The second-order valence-electron chi connectivity index (χ2n) is 7.10. The number of carbonyl (C=O) groups excluding carboxylic acids is 1. The van der Waals surface area contributed by atoms with E-state index in [1.54, 1.807) is 13.2 Å². The number of ether oxygens (including phenoxy) is 1. The van der Waals surface area contributed by atoms with Crippen LogP contribution in [0.3, 0.4) is 0 Å². The van der Waals surface area contributed by atoms with Crippen molar-refractivity contribution in [2.75, 3.05) is 14.2 Å². The second-order valence-corrected chi connectivity index (χ2v) is 7.10. The maximum atomic E-state index is 11.4. The van der Waals surface area contributed by atoms with E-state index in [0.717, 1.165) is 23.6 Å². The molecule has 1 amide bonds. The highest BCUT2D eigenvalue weighted by atomic mass is 16.5. The number of primary amides is 1. The maximum absolute atomic E-state index is 11.4. The van der Waals surface area contributed by atoms with Gasteiger partial charge in [-0.1, -0.05) is 32.9 Å². The Balaban J connectivity index is 2.15. The summed E-state index contributed by atoms with van der Waals surface area (Å²) in [7, 11) is 3.69. The van der Waals surface area contributed by atoms with Gasteiger partial charge in [0.15, 0.2) is 5.76 Å². The summed E-state index contributed by atoms with van der Waals surface area (Å²) in [4.78, 5) is 13.6. The van der Waals surface area contributed by atoms with Crippen LogP contribution in [-0.4, -0.2) is 25.0 Å². The fourth-order valence-corrected chi connectivity index (χ4v) is 2.69. The highest BCUT2D eigenvalue weighted by molar-refractivity contribution is 5.90. The van der Waals surface area contributed by atoms with Gasteiger partial charge in [-0.2, -0.15) is 0 Å². The van der Waals surface area contributed by atoms with Crippen molar-refractivity contribution in [1.29, 1.82) is 0 Å². The van der Waals surface area contributed by atoms with E-state index < -0.39 is 5.91 Å². The summed E-state index contributed by atoms with van der Waals surface area (Å²) in [6, 6.07) is 9.75. The van der Waals surface area contributed by atoms with Crippen molar-refractivity contribution in [2.24, 2.45) is 5.73 Å². The van der Waals surface area contributed by atoms with Gasteiger partial charge in [0.2, 0.25) is 0 Å². The number of nitrogens with zero attached hydrogens (tertiary/aromatic N) is 1. The number of carbonyl (C=O) groups is 1. The van der Waals surface area contributed by atoms with Crippen molar-refractivity contribution in [3.8, 4) is 5.75 Å². The summed E-state index contributed by atoms with van der Waals surface area (Å²) < 4.78 is 10.9. The van der Waals surface area contributed by atoms with Gasteiger partial charge in [0.25, 0.3) is 5.91 Å². The highest BCUT2D eigenvalue weighted by Gasteiger charge is 2.25. The lowest BCUT2D eigenvalue weighted by Gasteiger charge is -2.21. The van der Waals surface area contributed by atoms with Gasteiger partial charge in [0.05, 0.1) is 7.11 Å². The summed E-state index contributed by atoms with van der Waals surface area (Å²) >= 11 is 0. The monoisotopic (exact) mass is 330 g/mol. The molecule has 0 fully saturated rings. The minimum Gasteiger partial charge on any atom is -0.497 e. The molecule has 2 rings (SSSR count). The van der Waals surface area contributed by atoms with E-state index in [4.69, 9.17) is 14.9 Å². The maximum Gasteiger partial charge on any atom is 0.284 e. The Labute approximate surface area is 143 Å². The summed E-state index contributed by atoms with van der Waals surface area (Å²) in [6.07, 6.45) is 0. The fourth-order valence-electron chi connectivity index (χ4n) is 2.69. The van der Waals surface area contributed by atoms with Gasteiger partial charge in [-0.15, -0.1) is 0 Å². The molecule has 1 aromatic heterocycles. The third-order valence-electron chi connectivity index (χ3n) is 3.78.